The van der Waals surface area contributed by atoms with E-state index in [2.05, 4.69) is 10.3 Å². The number of nitrogens with one attached hydrogen (secondary N) is 1. The molecule has 0 bridgehead atoms. The van der Waals surface area contributed by atoms with E-state index in [1.54, 1.807) is 5.38 Å². The fourth-order valence-electron chi connectivity index (χ4n) is 2.32. The first kappa shape index (κ1) is 20.0. The third-order valence-corrected chi connectivity index (χ3v) is 6.08. The van der Waals surface area contributed by atoms with Gasteiger partial charge < -0.3 is 15.2 Å². The average molecular weight is 416 g/mol. The van der Waals surface area contributed by atoms with E-state index >= 15 is 0 Å². The molecule has 24 heavy (non-hydrogen) atoms. The second kappa shape index (κ2) is 7.94. The van der Waals surface area contributed by atoms with Crippen LogP contribution in [0, 0.1) is 0 Å². The van der Waals surface area contributed by atoms with E-state index in [-0.39, 0.29) is 58.4 Å². The standard InChI is InChI=1S/C12H9Cl2N3O4S2.Na/c13-5-3-22-10-7(9(19)17(10)8(5)11(20)21)16-6(18)1-4-2-23-12(14)15-4;/h2,7,10H,1,3H2,(H,16,18)(H,20,21);/q;+1/p-1/t7-,10+;/m1./s1. The number of rotatable bonds is 4. The Bertz CT molecular complexity index is 742. The summed E-state index contributed by atoms with van der Waals surface area (Å²) < 4.78 is 0.333. The molecule has 0 aromatic carbocycles. The van der Waals surface area contributed by atoms with Crippen molar-refractivity contribution in [3.8, 4) is 0 Å². The van der Waals surface area contributed by atoms with Crippen molar-refractivity contribution in [3.63, 3.8) is 0 Å². The Kier molecular flexibility index (Phi) is 6.63. The number of thiazole rings is 1. The molecule has 0 saturated carbocycles. The number of halogens is 2. The number of hydrogen-bond donors (Lipinski definition) is 1. The van der Waals surface area contributed by atoms with Gasteiger partial charge in [-0.2, -0.15) is 0 Å². The number of aromatic nitrogens is 1. The van der Waals surface area contributed by atoms with Crippen LogP contribution in [0.15, 0.2) is 16.1 Å². The zero-order chi connectivity index (χ0) is 16.7. The molecule has 2 atom stereocenters. The first-order chi connectivity index (χ1) is 10.9. The van der Waals surface area contributed by atoms with Gasteiger partial charge in [-0.15, -0.1) is 23.1 Å². The molecule has 0 unspecified atom stereocenters. The van der Waals surface area contributed by atoms with E-state index in [0.29, 0.717) is 10.2 Å². The molecule has 7 nitrogen and oxygen atoms in total. The molecule has 1 N–H and O–H groups in total. The first-order valence-corrected chi connectivity index (χ1v) is 9.01. The summed E-state index contributed by atoms with van der Waals surface area (Å²) in [7, 11) is 0. The van der Waals surface area contributed by atoms with Crippen molar-refractivity contribution in [2.24, 2.45) is 0 Å². The number of β-lactam (4-membered cyclic amide) rings is 1. The molecule has 0 spiro atoms. The minimum atomic E-state index is -1.50. The minimum absolute atomic E-state index is 0. The smallest absolute Gasteiger partial charge is 0.543 e. The van der Waals surface area contributed by atoms with Crippen molar-refractivity contribution >= 4 is 64.1 Å². The molecule has 122 valence electrons. The fraction of sp³-hybridized carbons (Fsp3) is 0.333. The Morgan fingerprint density at radius 2 is 2.17 bits per heavy atom. The summed E-state index contributed by atoms with van der Waals surface area (Å²) in [5.74, 6) is -2.17. The molecular formula is C12H8Cl2N3NaO4S2. The van der Waals surface area contributed by atoms with E-state index in [1.807, 2.05) is 0 Å². The predicted molar refractivity (Wildman–Crippen MR) is 83.7 cm³/mol. The van der Waals surface area contributed by atoms with Crippen molar-refractivity contribution < 1.29 is 49.0 Å². The maximum Gasteiger partial charge on any atom is 1.00 e. The summed E-state index contributed by atoms with van der Waals surface area (Å²) in [5.41, 5.74) is 0.188. The molecule has 1 aromatic rings. The van der Waals surface area contributed by atoms with Gasteiger partial charge >= 0.3 is 29.6 Å². The number of nitrogens with zero attached hydrogens (tertiary/aromatic N) is 2. The van der Waals surface area contributed by atoms with Crippen molar-refractivity contribution in [2.45, 2.75) is 17.8 Å². The zero-order valence-electron chi connectivity index (χ0n) is 12.2. The van der Waals surface area contributed by atoms with Gasteiger partial charge in [-0.3, -0.25) is 14.5 Å². The molecule has 2 aliphatic heterocycles. The number of hydrogen-bond acceptors (Lipinski definition) is 7. The van der Waals surface area contributed by atoms with Crippen LogP contribution < -0.4 is 40.0 Å². The Hall–Kier alpha value is -0.290. The Labute approximate surface area is 177 Å². The summed E-state index contributed by atoms with van der Waals surface area (Å²) in [6, 6.07) is -0.791. The molecule has 1 saturated heterocycles. The van der Waals surface area contributed by atoms with Gasteiger partial charge in [-0.25, -0.2) is 4.98 Å². The van der Waals surface area contributed by atoms with Crippen LogP contribution in [0.2, 0.25) is 4.47 Å². The zero-order valence-corrected chi connectivity index (χ0v) is 17.4. The van der Waals surface area contributed by atoms with Crippen LogP contribution in [0.5, 0.6) is 0 Å². The van der Waals surface area contributed by atoms with Gasteiger partial charge in [0.05, 0.1) is 28.8 Å². The van der Waals surface area contributed by atoms with Crippen LogP contribution >= 0.6 is 46.3 Å². The number of carbonyl (C=O) groups is 3. The number of amides is 2. The monoisotopic (exact) mass is 415 g/mol. The van der Waals surface area contributed by atoms with Gasteiger partial charge in [0.25, 0.3) is 5.91 Å². The van der Waals surface area contributed by atoms with Crippen LogP contribution in [-0.2, 0) is 20.8 Å². The van der Waals surface area contributed by atoms with Crippen molar-refractivity contribution in [1.82, 2.24) is 15.2 Å². The van der Waals surface area contributed by atoms with Crippen LogP contribution in [0.1, 0.15) is 5.69 Å². The molecule has 12 heteroatoms. The summed E-state index contributed by atoms with van der Waals surface area (Å²) >= 11 is 14.0. The van der Waals surface area contributed by atoms with Crippen molar-refractivity contribution in [3.05, 3.63) is 26.3 Å². The molecule has 3 rings (SSSR count). The molecule has 3 heterocycles. The molecule has 0 aliphatic carbocycles. The minimum Gasteiger partial charge on any atom is -0.543 e. The topological polar surface area (TPSA) is 102 Å². The number of aliphatic carboxylic acids is 1. The third-order valence-electron chi connectivity index (χ3n) is 3.30. The van der Waals surface area contributed by atoms with Gasteiger partial charge in [0.15, 0.2) is 4.47 Å². The van der Waals surface area contributed by atoms with Crippen molar-refractivity contribution in [2.75, 3.05) is 5.75 Å². The van der Waals surface area contributed by atoms with E-state index < -0.39 is 23.3 Å². The molecule has 2 amide bonds. The van der Waals surface area contributed by atoms with Crippen LogP contribution in [0.25, 0.3) is 0 Å². The molecule has 2 aliphatic rings. The summed E-state index contributed by atoms with van der Waals surface area (Å²) in [6.45, 7) is 0. The number of fused-ring (bicyclic) bond motifs is 1. The summed E-state index contributed by atoms with van der Waals surface area (Å²) in [5, 5.41) is 14.9. The molecule has 1 aromatic heterocycles. The number of thioether (sulfide) groups is 1. The van der Waals surface area contributed by atoms with E-state index in [1.165, 1.54) is 23.1 Å². The van der Waals surface area contributed by atoms with Crippen LogP contribution in [-0.4, -0.2) is 44.8 Å². The number of carbonyl (C=O) groups excluding carboxylic acids is 3. The van der Waals surface area contributed by atoms with Gasteiger partial charge in [0.1, 0.15) is 11.4 Å². The Morgan fingerprint density at radius 3 is 2.75 bits per heavy atom. The van der Waals surface area contributed by atoms with E-state index in [0.717, 1.165) is 4.90 Å². The second-order valence-electron chi connectivity index (χ2n) is 4.76. The summed E-state index contributed by atoms with van der Waals surface area (Å²) in [6.07, 6.45) is -0.00563. The maximum absolute atomic E-state index is 12.1. The Balaban J connectivity index is 0.00000208. The predicted octanol–water partition coefficient (Wildman–Crippen LogP) is -3.06. The summed E-state index contributed by atoms with van der Waals surface area (Å²) in [4.78, 5) is 40.2. The Morgan fingerprint density at radius 1 is 1.46 bits per heavy atom. The number of carboxylic acids is 1. The number of carboxylic acid groups (broad SMARTS) is 1. The molecule has 1 fully saturated rings. The third kappa shape index (κ3) is 3.77. The van der Waals surface area contributed by atoms with Gasteiger partial charge in [0, 0.05) is 11.1 Å². The van der Waals surface area contributed by atoms with E-state index in [4.69, 9.17) is 23.2 Å². The fourth-order valence-corrected chi connectivity index (χ4v) is 4.65. The first-order valence-electron chi connectivity index (χ1n) is 6.32. The normalized spacial score (nSPS) is 22.4. The van der Waals surface area contributed by atoms with E-state index in [9.17, 15) is 19.5 Å². The van der Waals surface area contributed by atoms with Gasteiger partial charge in [-0.05, 0) is 0 Å². The SMILES string of the molecule is O=C(Cc1csc(Cl)n1)N[C@@H]1C(=O)N2C(C(=O)[O-])=C(Cl)CS[C@@H]12.[Na+]. The maximum atomic E-state index is 12.1. The van der Waals surface area contributed by atoms with Gasteiger partial charge in [0.2, 0.25) is 5.91 Å². The molecular weight excluding hydrogens is 408 g/mol. The quantitative estimate of drug-likeness (QED) is 0.413. The largest absolute Gasteiger partial charge is 1.00 e. The molecule has 0 radical (unpaired) electrons. The second-order valence-corrected chi connectivity index (χ2v) is 7.77. The average Bonchev–Trinajstić information content (AvgIpc) is 2.89. The van der Waals surface area contributed by atoms with Gasteiger partial charge in [-0.1, -0.05) is 23.2 Å². The van der Waals surface area contributed by atoms with Crippen LogP contribution in [0.4, 0.5) is 0 Å². The van der Waals surface area contributed by atoms with Crippen molar-refractivity contribution in [1.29, 1.82) is 0 Å². The van der Waals surface area contributed by atoms with Crippen LogP contribution in [0.3, 0.4) is 0 Å².